The minimum absolute atomic E-state index is 0.0733. The average molecular weight is 266 g/mol. The second-order valence-electron chi connectivity index (χ2n) is 3.86. The molecule has 2 amide bonds. The lowest BCUT2D eigenvalue weighted by atomic mass is 10.3. The van der Waals surface area contributed by atoms with Crippen LogP contribution in [0.3, 0.4) is 0 Å². The van der Waals surface area contributed by atoms with Gasteiger partial charge in [0, 0.05) is 13.6 Å². The zero-order valence-corrected chi connectivity index (χ0v) is 10.5. The average Bonchev–Trinajstić information content (AvgIpc) is 2.36. The van der Waals surface area contributed by atoms with Crippen LogP contribution in [0, 0.1) is 5.82 Å². The Morgan fingerprint density at radius 3 is 2.58 bits per heavy atom. The van der Waals surface area contributed by atoms with E-state index in [1.807, 2.05) is 0 Å². The molecule has 0 aliphatic carbocycles. The zero-order valence-electron chi connectivity index (χ0n) is 10.5. The molecule has 0 aliphatic rings. The van der Waals surface area contributed by atoms with Crippen molar-refractivity contribution in [2.24, 2.45) is 0 Å². The van der Waals surface area contributed by atoms with E-state index in [9.17, 15) is 14.0 Å². The van der Waals surface area contributed by atoms with E-state index in [1.54, 1.807) is 6.07 Å². The van der Waals surface area contributed by atoms with Crippen LogP contribution in [-0.4, -0.2) is 42.1 Å². The van der Waals surface area contributed by atoms with Gasteiger partial charge in [-0.05, 0) is 12.1 Å². The van der Waals surface area contributed by atoms with Crippen molar-refractivity contribution in [2.75, 3.05) is 25.0 Å². The van der Waals surface area contributed by atoms with Crippen molar-refractivity contribution in [3.05, 3.63) is 42.7 Å². The molecule has 102 valence electrons. The Balaban J connectivity index is 2.93. The molecule has 6 heteroatoms. The molecule has 1 aromatic rings. The highest BCUT2D eigenvalue weighted by atomic mass is 19.1. The van der Waals surface area contributed by atoms with Gasteiger partial charge in [-0.3, -0.25) is 9.69 Å². The highest BCUT2D eigenvalue weighted by molar-refractivity contribution is 5.93. The molecular formula is C13H15FN2O3. The van der Waals surface area contributed by atoms with Crippen LogP contribution < -0.4 is 4.90 Å². The van der Waals surface area contributed by atoms with Gasteiger partial charge in [-0.25, -0.2) is 9.18 Å². The van der Waals surface area contributed by atoms with Crippen LogP contribution in [-0.2, 0) is 4.79 Å². The lowest BCUT2D eigenvalue weighted by molar-refractivity contribution is -0.137. The molecule has 1 N–H and O–H groups in total. The smallest absolute Gasteiger partial charge is 0.325 e. The number of carboxylic acid groups (broad SMARTS) is 1. The Kier molecular flexibility index (Phi) is 5.05. The summed E-state index contributed by atoms with van der Waals surface area (Å²) in [6.45, 7) is 3.07. The predicted molar refractivity (Wildman–Crippen MR) is 69.6 cm³/mol. The Morgan fingerprint density at radius 1 is 1.42 bits per heavy atom. The number of halogens is 1. The first-order chi connectivity index (χ1) is 8.97. The van der Waals surface area contributed by atoms with E-state index in [1.165, 1.54) is 31.3 Å². The number of carbonyl (C=O) groups is 2. The Morgan fingerprint density at radius 2 is 2.05 bits per heavy atom. The van der Waals surface area contributed by atoms with Crippen LogP contribution in [0.4, 0.5) is 14.9 Å². The number of nitrogens with zero attached hydrogens (tertiary/aromatic N) is 2. The van der Waals surface area contributed by atoms with Crippen LogP contribution in [0.1, 0.15) is 0 Å². The van der Waals surface area contributed by atoms with Gasteiger partial charge in [-0.15, -0.1) is 6.58 Å². The van der Waals surface area contributed by atoms with Crippen molar-refractivity contribution in [3.8, 4) is 0 Å². The Labute approximate surface area is 110 Å². The molecule has 0 radical (unpaired) electrons. The maximum atomic E-state index is 13.6. The van der Waals surface area contributed by atoms with Gasteiger partial charge in [-0.2, -0.15) is 0 Å². The van der Waals surface area contributed by atoms with Crippen molar-refractivity contribution in [1.82, 2.24) is 4.90 Å². The molecular weight excluding hydrogens is 251 g/mol. The van der Waals surface area contributed by atoms with Gasteiger partial charge < -0.3 is 10.0 Å². The molecule has 0 fully saturated rings. The summed E-state index contributed by atoms with van der Waals surface area (Å²) in [5, 5.41) is 8.75. The van der Waals surface area contributed by atoms with E-state index in [0.717, 1.165) is 9.80 Å². The number of urea groups is 1. The summed E-state index contributed by atoms with van der Waals surface area (Å²) < 4.78 is 13.6. The molecule has 0 saturated carbocycles. The molecule has 5 nitrogen and oxygen atoms in total. The molecule has 0 spiro atoms. The van der Waals surface area contributed by atoms with E-state index in [0.29, 0.717) is 0 Å². The number of carbonyl (C=O) groups excluding carboxylic acids is 1. The summed E-state index contributed by atoms with van der Waals surface area (Å²) in [6, 6.07) is 5.17. The number of hydrogen-bond donors (Lipinski definition) is 1. The molecule has 19 heavy (non-hydrogen) atoms. The minimum atomic E-state index is -1.14. The Bertz CT molecular complexity index is 491. The first kappa shape index (κ1) is 14.7. The monoisotopic (exact) mass is 266 g/mol. The fraction of sp³-hybridized carbons (Fsp3) is 0.231. The van der Waals surface area contributed by atoms with Gasteiger partial charge >= 0.3 is 12.0 Å². The third kappa shape index (κ3) is 3.80. The number of para-hydroxylation sites is 1. The van der Waals surface area contributed by atoms with Crippen molar-refractivity contribution in [1.29, 1.82) is 0 Å². The molecule has 1 rings (SSSR count). The third-order valence-electron chi connectivity index (χ3n) is 2.45. The fourth-order valence-corrected chi connectivity index (χ4v) is 1.57. The summed E-state index contributed by atoms with van der Waals surface area (Å²) >= 11 is 0. The van der Waals surface area contributed by atoms with E-state index in [-0.39, 0.29) is 12.2 Å². The van der Waals surface area contributed by atoms with Crippen LogP contribution in [0.5, 0.6) is 0 Å². The SMILES string of the molecule is C=CCN(CC(=O)O)C(=O)N(C)c1ccccc1F. The standard InChI is InChI=1S/C13H15FN2O3/c1-3-8-16(9-12(17)18)13(19)15(2)11-7-5-4-6-10(11)14/h3-7H,1,8-9H2,2H3,(H,17,18). The molecule has 0 heterocycles. The van der Waals surface area contributed by atoms with Crippen LogP contribution in [0.25, 0.3) is 0 Å². The summed E-state index contributed by atoms with van der Waals surface area (Å²) in [4.78, 5) is 24.9. The van der Waals surface area contributed by atoms with Gasteiger partial charge in [-0.1, -0.05) is 18.2 Å². The summed E-state index contributed by atoms with van der Waals surface area (Å²) in [5.74, 6) is -1.69. The van der Waals surface area contributed by atoms with E-state index in [4.69, 9.17) is 5.11 Å². The van der Waals surface area contributed by atoms with Gasteiger partial charge in [0.2, 0.25) is 0 Å². The highest BCUT2D eigenvalue weighted by Gasteiger charge is 2.21. The number of benzene rings is 1. The number of rotatable bonds is 5. The van der Waals surface area contributed by atoms with Gasteiger partial charge in [0.15, 0.2) is 0 Å². The first-order valence-electron chi connectivity index (χ1n) is 5.57. The number of carboxylic acids is 1. The van der Waals surface area contributed by atoms with Gasteiger partial charge in [0.1, 0.15) is 12.4 Å². The molecule has 1 aromatic carbocycles. The maximum Gasteiger partial charge on any atom is 0.325 e. The predicted octanol–water partition coefficient (Wildman–Crippen LogP) is 1.95. The molecule has 0 saturated heterocycles. The van der Waals surface area contributed by atoms with Crippen molar-refractivity contribution in [3.63, 3.8) is 0 Å². The number of aliphatic carboxylic acids is 1. The largest absolute Gasteiger partial charge is 0.480 e. The van der Waals surface area contributed by atoms with Crippen molar-refractivity contribution in [2.45, 2.75) is 0 Å². The number of hydrogen-bond acceptors (Lipinski definition) is 2. The van der Waals surface area contributed by atoms with Crippen molar-refractivity contribution >= 4 is 17.7 Å². The van der Waals surface area contributed by atoms with Crippen LogP contribution >= 0.6 is 0 Å². The van der Waals surface area contributed by atoms with E-state index < -0.39 is 24.4 Å². The van der Waals surface area contributed by atoms with Gasteiger partial charge in [0.05, 0.1) is 5.69 Å². The molecule has 0 bridgehead atoms. The van der Waals surface area contributed by atoms with Crippen molar-refractivity contribution < 1.29 is 19.1 Å². The maximum absolute atomic E-state index is 13.6. The summed E-state index contributed by atoms with van der Waals surface area (Å²) in [6.07, 6.45) is 1.41. The molecule has 0 aromatic heterocycles. The van der Waals surface area contributed by atoms with Crippen LogP contribution in [0.15, 0.2) is 36.9 Å². The topological polar surface area (TPSA) is 60.9 Å². The second-order valence-corrected chi connectivity index (χ2v) is 3.86. The first-order valence-corrected chi connectivity index (χ1v) is 5.57. The molecule has 0 aliphatic heterocycles. The number of amides is 2. The lowest BCUT2D eigenvalue weighted by Gasteiger charge is -2.26. The van der Waals surface area contributed by atoms with E-state index >= 15 is 0 Å². The van der Waals surface area contributed by atoms with Gasteiger partial charge in [0.25, 0.3) is 0 Å². The minimum Gasteiger partial charge on any atom is -0.480 e. The Hall–Kier alpha value is -2.37. The summed E-state index contributed by atoms with van der Waals surface area (Å²) in [7, 11) is 1.39. The normalized spacial score (nSPS) is 9.79. The number of anilines is 1. The fourth-order valence-electron chi connectivity index (χ4n) is 1.57. The molecule has 0 atom stereocenters. The zero-order chi connectivity index (χ0) is 14.4. The molecule has 0 unspecified atom stereocenters. The second kappa shape index (κ2) is 6.53. The third-order valence-corrected chi connectivity index (χ3v) is 2.45. The van der Waals surface area contributed by atoms with E-state index in [2.05, 4.69) is 6.58 Å². The summed E-state index contributed by atoms with van der Waals surface area (Å²) in [5.41, 5.74) is 0.0898. The van der Waals surface area contributed by atoms with Crippen LogP contribution in [0.2, 0.25) is 0 Å². The lowest BCUT2D eigenvalue weighted by Crippen LogP contribution is -2.44. The highest BCUT2D eigenvalue weighted by Crippen LogP contribution is 2.18. The quantitative estimate of drug-likeness (QED) is 0.829.